The van der Waals surface area contributed by atoms with E-state index in [0.717, 1.165) is 0 Å². The summed E-state index contributed by atoms with van der Waals surface area (Å²) in [5, 5.41) is 0. The van der Waals surface area contributed by atoms with Gasteiger partial charge in [0.2, 0.25) is 0 Å². The summed E-state index contributed by atoms with van der Waals surface area (Å²) in [7, 11) is 3.16. The van der Waals surface area contributed by atoms with Crippen LogP contribution < -0.4 is 10.5 Å². The molecule has 5 nitrogen and oxygen atoms in total. The topological polar surface area (TPSA) is 64.8 Å². The van der Waals surface area contributed by atoms with Crippen molar-refractivity contribution >= 4 is 11.6 Å². The maximum absolute atomic E-state index is 12.6. The first kappa shape index (κ1) is 16.3. The average Bonchev–Trinajstić information content (AvgIpc) is 2.42. The van der Waals surface area contributed by atoms with Crippen molar-refractivity contribution in [2.45, 2.75) is 13.8 Å². The average molecular weight is 280 g/mol. The van der Waals surface area contributed by atoms with Gasteiger partial charge in [0.1, 0.15) is 5.75 Å². The Bertz CT molecular complexity index is 447. The lowest BCUT2D eigenvalue weighted by molar-refractivity contribution is 0.0673. The van der Waals surface area contributed by atoms with Crippen LogP contribution in [0.1, 0.15) is 24.2 Å². The lowest BCUT2D eigenvalue weighted by Crippen LogP contribution is -2.37. The molecule has 0 saturated carbocycles. The van der Waals surface area contributed by atoms with Gasteiger partial charge in [-0.3, -0.25) is 4.79 Å². The molecule has 1 aromatic rings. The van der Waals surface area contributed by atoms with Gasteiger partial charge < -0.3 is 20.1 Å². The molecule has 1 rings (SSSR count). The molecule has 0 aromatic heterocycles. The minimum absolute atomic E-state index is 0.0906. The number of carbonyl (C=O) groups excluding carboxylic acids is 1. The third-order valence-corrected chi connectivity index (χ3v) is 2.95. The molecule has 1 amide bonds. The number of nitrogens with zero attached hydrogens (tertiary/aromatic N) is 1. The maximum Gasteiger partial charge on any atom is 0.256 e. The Morgan fingerprint density at radius 3 is 2.60 bits per heavy atom. The molecule has 112 valence electrons. The van der Waals surface area contributed by atoms with E-state index in [9.17, 15) is 4.79 Å². The standard InChI is InChI=1S/C15H24N2O3/c1-11(2)10-17(8-9-19-3)15(18)12-6-5-7-13(20-4)14(12)16/h5-7,11H,8-10,16H2,1-4H3. The molecule has 0 unspecified atom stereocenters. The third-order valence-electron chi connectivity index (χ3n) is 2.95. The van der Waals surface area contributed by atoms with Crippen LogP contribution in [0.4, 0.5) is 5.69 Å². The van der Waals surface area contributed by atoms with Gasteiger partial charge >= 0.3 is 0 Å². The molecule has 0 aliphatic carbocycles. The molecule has 0 bridgehead atoms. The van der Waals surface area contributed by atoms with Gasteiger partial charge in [-0.05, 0) is 18.1 Å². The fraction of sp³-hybridized carbons (Fsp3) is 0.533. The van der Waals surface area contributed by atoms with Crippen LogP contribution >= 0.6 is 0 Å². The molecule has 0 aliphatic heterocycles. The number of benzene rings is 1. The first-order chi connectivity index (χ1) is 9.51. The molecule has 0 atom stereocenters. The van der Waals surface area contributed by atoms with Crippen molar-refractivity contribution in [2.75, 3.05) is 39.6 Å². The van der Waals surface area contributed by atoms with E-state index >= 15 is 0 Å². The molecular weight excluding hydrogens is 256 g/mol. The number of anilines is 1. The Kier molecular flexibility index (Phi) is 6.31. The van der Waals surface area contributed by atoms with E-state index in [2.05, 4.69) is 13.8 Å². The molecular formula is C15H24N2O3. The van der Waals surface area contributed by atoms with Crippen molar-refractivity contribution in [1.82, 2.24) is 4.90 Å². The third kappa shape index (κ3) is 4.13. The number of hydrogen-bond donors (Lipinski definition) is 1. The molecule has 0 radical (unpaired) electrons. The van der Waals surface area contributed by atoms with Crippen LogP contribution in [0.3, 0.4) is 0 Å². The summed E-state index contributed by atoms with van der Waals surface area (Å²) in [5.74, 6) is 0.807. The van der Waals surface area contributed by atoms with Gasteiger partial charge in [0.05, 0.1) is 25.0 Å². The molecule has 20 heavy (non-hydrogen) atoms. The van der Waals surface area contributed by atoms with Crippen LogP contribution in [0.5, 0.6) is 5.75 Å². The van der Waals surface area contributed by atoms with E-state index < -0.39 is 0 Å². The monoisotopic (exact) mass is 280 g/mol. The van der Waals surface area contributed by atoms with Gasteiger partial charge in [0, 0.05) is 20.2 Å². The Morgan fingerprint density at radius 1 is 1.35 bits per heavy atom. The highest BCUT2D eigenvalue weighted by molar-refractivity contribution is 6.00. The Morgan fingerprint density at radius 2 is 2.05 bits per heavy atom. The summed E-state index contributed by atoms with van der Waals surface area (Å²) >= 11 is 0. The lowest BCUT2D eigenvalue weighted by Gasteiger charge is -2.25. The van der Waals surface area contributed by atoms with Gasteiger partial charge in [0.25, 0.3) is 5.91 Å². The summed E-state index contributed by atoms with van der Waals surface area (Å²) in [6, 6.07) is 5.24. The molecule has 0 fully saturated rings. The van der Waals surface area contributed by atoms with E-state index in [1.165, 1.54) is 7.11 Å². The summed E-state index contributed by atoms with van der Waals surface area (Å²) in [6.07, 6.45) is 0. The second-order valence-corrected chi connectivity index (χ2v) is 5.06. The Balaban J connectivity index is 2.98. The van der Waals surface area contributed by atoms with E-state index in [-0.39, 0.29) is 5.91 Å². The smallest absolute Gasteiger partial charge is 0.256 e. The van der Waals surface area contributed by atoms with Crippen molar-refractivity contribution in [1.29, 1.82) is 0 Å². The van der Waals surface area contributed by atoms with Crippen molar-refractivity contribution < 1.29 is 14.3 Å². The number of hydrogen-bond acceptors (Lipinski definition) is 4. The van der Waals surface area contributed by atoms with Crippen LogP contribution in [0, 0.1) is 5.92 Å². The van der Waals surface area contributed by atoms with Gasteiger partial charge in [-0.1, -0.05) is 19.9 Å². The normalized spacial score (nSPS) is 10.7. The highest BCUT2D eigenvalue weighted by Crippen LogP contribution is 2.26. The van der Waals surface area contributed by atoms with E-state index in [1.807, 2.05) is 0 Å². The second kappa shape index (κ2) is 7.75. The number of carbonyl (C=O) groups is 1. The number of para-hydroxylation sites is 1. The predicted octanol–water partition coefficient (Wildman–Crippen LogP) is 2.02. The molecule has 0 aliphatic rings. The van der Waals surface area contributed by atoms with Gasteiger partial charge in [-0.25, -0.2) is 0 Å². The molecule has 0 heterocycles. The SMILES string of the molecule is COCCN(CC(C)C)C(=O)c1cccc(OC)c1N. The summed E-state index contributed by atoms with van der Waals surface area (Å²) in [5.41, 5.74) is 6.84. The number of amides is 1. The highest BCUT2D eigenvalue weighted by atomic mass is 16.5. The zero-order chi connectivity index (χ0) is 15.1. The fourth-order valence-corrected chi connectivity index (χ4v) is 2.00. The van der Waals surface area contributed by atoms with Crippen LogP contribution in [0.15, 0.2) is 18.2 Å². The highest BCUT2D eigenvalue weighted by Gasteiger charge is 2.20. The van der Waals surface area contributed by atoms with Crippen LogP contribution in [0.2, 0.25) is 0 Å². The quantitative estimate of drug-likeness (QED) is 0.776. The summed E-state index contributed by atoms with van der Waals surface area (Å²) in [4.78, 5) is 14.4. The summed E-state index contributed by atoms with van der Waals surface area (Å²) in [6.45, 7) is 5.86. The molecule has 0 spiro atoms. The van der Waals surface area contributed by atoms with Crippen LogP contribution in [-0.4, -0.2) is 44.7 Å². The minimum atomic E-state index is -0.0906. The Labute approximate surface area is 120 Å². The van der Waals surface area contributed by atoms with Crippen LogP contribution in [-0.2, 0) is 4.74 Å². The number of nitrogens with two attached hydrogens (primary N) is 1. The zero-order valence-corrected chi connectivity index (χ0v) is 12.7. The first-order valence-corrected chi connectivity index (χ1v) is 6.72. The molecule has 2 N–H and O–H groups in total. The predicted molar refractivity (Wildman–Crippen MR) is 80.0 cm³/mol. The number of methoxy groups -OCH3 is 2. The molecule has 1 aromatic carbocycles. The first-order valence-electron chi connectivity index (χ1n) is 6.72. The van der Waals surface area contributed by atoms with Crippen molar-refractivity contribution in [3.05, 3.63) is 23.8 Å². The second-order valence-electron chi connectivity index (χ2n) is 5.06. The number of ether oxygens (including phenoxy) is 2. The Hall–Kier alpha value is -1.75. The molecule has 5 heteroatoms. The van der Waals surface area contributed by atoms with E-state index in [0.29, 0.717) is 42.6 Å². The maximum atomic E-state index is 12.6. The lowest BCUT2D eigenvalue weighted by atomic mass is 10.1. The number of nitrogen functional groups attached to an aromatic ring is 1. The van der Waals surface area contributed by atoms with E-state index in [1.54, 1.807) is 30.2 Å². The van der Waals surface area contributed by atoms with Crippen molar-refractivity contribution in [2.24, 2.45) is 5.92 Å². The minimum Gasteiger partial charge on any atom is -0.495 e. The van der Waals surface area contributed by atoms with Crippen LogP contribution in [0.25, 0.3) is 0 Å². The summed E-state index contributed by atoms with van der Waals surface area (Å²) < 4.78 is 10.2. The van der Waals surface area contributed by atoms with Gasteiger partial charge in [-0.15, -0.1) is 0 Å². The largest absolute Gasteiger partial charge is 0.495 e. The van der Waals surface area contributed by atoms with Crippen molar-refractivity contribution in [3.8, 4) is 5.75 Å². The van der Waals surface area contributed by atoms with Gasteiger partial charge in [-0.2, -0.15) is 0 Å². The zero-order valence-electron chi connectivity index (χ0n) is 12.7. The van der Waals surface area contributed by atoms with E-state index in [4.69, 9.17) is 15.2 Å². The molecule has 0 saturated heterocycles. The fourth-order valence-electron chi connectivity index (χ4n) is 2.00. The van der Waals surface area contributed by atoms with Gasteiger partial charge in [0.15, 0.2) is 0 Å². The van der Waals surface area contributed by atoms with Crippen molar-refractivity contribution in [3.63, 3.8) is 0 Å². The number of rotatable bonds is 7.